The number of rotatable bonds is 30. The van der Waals surface area contributed by atoms with Crippen molar-refractivity contribution >= 4 is 79.7 Å². The first kappa shape index (κ1) is 79.2. The number of thioether (sulfide) groups is 1. The van der Waals surface area contributed by atoms with E-state index in [9.17, 15) is 33.6 Å². The maximum Gasteiger partial charge on any atom is 0.366 e. The Morgan fingerprint density at radius 3 is 1.49 bits per heavy atom. The third kappa shape index (κ3) is 20.1. The second-order valence-corrected chi connectivity index (χ2v) is 32.1. The number of carbonyl (C=O) groups excluding carboxylic acids is 10. The molecule has 1 amide bonds. The largest absolute Gasteiger partial charge is 0.465 e. The zero-order valence-electron chi connectivity index (χ0n) is 58.6. The molecule has 100 heavy (non-hydrogen) atoms. The van der Waals surface area contributed by atoms with Gasteiger partial charge in [0.05, 0.1) is 48.4 Å². The summed E-state index contributed by atoms with van der Waals surface area (Å²) >= 11 is 1.44. The van der Waals surface area contributed by atoms with Gasteiger partial charge in [-0.1, -0.05) is 128 Å². The van der Waals surface area contributed by atoms with E-state index in [0.29, 0.717) is 5.75 Å². The molecule has 3 heterocycles. The molecular weight excluding hydrogens is 1340 g/mol. The number of benzene rings is 4. The van der Waals surface area contributed by atoms with Crippen molar-refractivity contribution in [2.24, 2.45) is 5.92 Å². The molecule has 0 bridgehead atoms. The van der Waals surface area contributed by atoms with Crippen molar-refractivity contribution in [1.82, 2.24) is 5.32 Å². The molecule has 7 rings (SSSR count). The highest BCUT2D eigenvalue weighted by Crippen LogP contribution is 2.46. The maximum atomic E-state index is 15.6. The first-order chi connectivity index (χ1) is 47.5. The van der Waals surface area contributed by atoms with Crippen LogP contribution in [0.5, 0.6) is 0 Å². The second kappa shape index (κ2) is 36.5. The average Bonchev–Trinajstić information content (AvgIpc) is 0.742. The van der Waals surface area contributed by atoms with Crippen LogP contribution in [0.4, 0.5) is 0 Å². The summed E-state index contributed by atoms with van der Waals surface area (Å²) in [4.78, 5) is 141. The molecule has 544 valence electrons. The zero-order chi connectivity index (χ0) is 73.2. The van der Waals surface area contributed by atoms with Gasteiger partial charge in [0, 0.05) is 40.5 Å². The minimum absolute atomic E-state index is 0.0431. The maximum absolute atomic E-state index is 15.6. The van der Waals surface area contributed by atoms with Crippen molar-refractivity contribution in [2.45, 2.75) is 204 Å². The third-order valence-corrected chi connectivity index (χ3v) is 24.6. The summed E-state index contributed by atoms with van der Waals surface area (Å²) in [5, 5.41) is 2.63. The van der Waals surface area contributed by atoms with E-state index in [2.05, 4.69) is 46.9 Å². The average molecular weight is 1430 g/mol. The highest BCUT2D eigenvalue weighted by Gasteiger charge is 2.64. The Balaban J connectivity index is 1.56. The zero-order valence-corrected chi connectivity index (χ0v) is 60.4. The van der Waals surface area contributed by atoms with E-state index in [0.717, 1.165) is 41.7 Å². The highest BCUT2D eigenvalue weighted by atomic mass is 32.2. The summed E-state index contributed by atoms with van der Waals surface area (Å²) in [6.07, 6.45) is -23.3. The topological polar surface area (TPSA) is 321 Å². The molecule has 0 aliphatic carbocycles. The number of hydrogen-bond donors (Lipinski definition) is 1. The lowest BCUT2D eigenvalue weighted by molar-refractivity contribution is -0.378. The van der Waals surface area contributed by atoms with Gasteiger partial charge in [-0.2, -0.15) is 0 Å². The van der Waals surface area contributed by atoms with Crippen molar-refractivity contribution in [3.05, 3.63) is 144 Å². The van der Waals surface area contributed by atoms with E-state index >= 15 is 14.4 Å². The smallest absolute Gasteiger partial charge is 0.366 e. The molecule has 4 aromatic carbocycles. The molecule has 4 aromatic rings. The molecule has 0 radical (unpaired) electrons. The van der Waals surface area contributed by atoms with Crippen molar-refractivity contribution in [3.8, 4) is 0 Å². The Morgan fingerprint density at radius 1 is 0.560 bits per heavy atom. The Kier molecular flexibility index (Phi) is 28.9. The van der Waals surface area contributed by atoms with E-state index in [1.54, 1.807) is 79.7 Å². The van der Waals surface area contributed by atoms with Crippen molar-refractivity contribution in [3.63, 3.8) is 0 Å². The fourth-order valence-corrected chi connectivity index (χ4v) is 19.6. The standard InChI is InChI=1S/C72H91NO25SSi/c1-15-99-70-43(8)58(93-66(80)50-30-22-17-23-31-50)59(56(92-70)39-87-100(40(2)3,41(4)5)42(6)7)96-69-64(95-68(82)52-34-26-19-27-35-52)63(61(94-67(81)51-32-24-18-25-33-51)55(91-69)38-86-65(79)49-28-20-16-21-29-49)98-72(71(83)84-14)36-53(88-46(11)76)57(73-44(9)74)62(97-72)60(90-48(13)78)54(89-47(12)77)37-85-45(10)75/h16-35,40-43,53-64,69-70H,15,36-39H2,1-14H3,(H,73,74)/t43?,53-,54+,55?,56?,57+,58+,59-,60+,61-,62?,63-,64?,69-,70-,72-/m0/s1. The van der Waals surface area contributed by atoms with Gasteiger partial charge in [0.15, 0.2) is 39.0 Å². The molecule has 3 aliphatic rings. The molecule has 28 heteroatoms. The van der Waals surface area contributed by atoms with Crippen LogP contribution in [0.25, 0.3) is 0 Å². The van der Waals surface area contributed by atoms with Crippen LogP contribution in [0, 0.1) is 5.92 Å². The van der Waals surface area contributed by atoms with Crippen LogP contribution < -0.4 is 5.32 Å². The van der Waals surface area contributed by atoms with Gasteiger partial charge >= 0.3 is 53.7 Å². The van der Waals surface area contributed by atoms with Crippen molar-refractivity contribution in [2.75, 3.05) is 32.7 Å². The Bertz CT molecular complexity index is 3400. The van der Waals surface area contributed by atoms with Gasteiger partial charge in [0.1, 0.15) is 61.4 Å². The molecule has 0 spiro atoms. The number of hydrogen-bond acceptors (Lipinski definition) is 26. The normalized spacial score (nSPS) is 25.8. The predicted molar refractivity (Wildman–Crippen MR) is 360 cm³/mol. The lowest BCUT2D eigenvalue weighted by Crippen LogP contribution is -2.72. The van der Waals surface area contributed by atoms with Crippen LogP contribution in [0.3, 0.4) is 0 Å². The Labute approximate surface area is 587 Å². The van der Waals surface area contributed by atoms with Crippen LogP contribution >= 0.6 is 11.8 Å². The third-order valence-electron chi connectivity index (χ3n) is 17.3. The summed E-state index contributed by atoms with van der Waals surface area (Å²) in [6, 6.07) is 29.4. The second-order valence-electron chi connectivity index (χ2n) is 25.3. The summed E-state index contributed by atoms with van der Waals surface area (Å²) in [6.45, 7) is 19.5. The van der Waals surface area contributed by atoms with Gasteiger partial charge in [-0.25, -0.2) is 24.0 Å². The number of methoxy groups -OCH3 is 1. The first-order valence-corrected chi connectivity index (χ1v) is 36.3. The Morgan fingerprint density at radius 2 is 1.04 bits per heavy atom. The summed E-state index contributed by atoms with van der Waals surface area (Å²) < 4.78 is 97.1. The number of carbonyl (C=O) groups is 10. The lowest BCUT2D eigenvalue weighted by Gasteiger charge is -2.52. The minimum Gasteiger partial charge on any atom is -0.465 e. The van der Waals surface area contributed by atoms with Crippen LogP contribution in [0.15, 0.2) is 121 Å². The van der Waals surface area contributed by atoms with Crippen LogP contribution in [-0.2, 0) is 99.5 Å². The number of ether oxygens (including phenoxy) is 14. The number of esters is 9. The molecule has 3 aliphatic heterocycles. The van der Waals surface area contributed by atoms with Crippen LogP contribution in [0.1, 0.15) is 138 Å². The van der Waals surface area contributed by atoms with Crippen molar-refractivity contribution in [1.29, 1.82) is 0 Å². The predicted octanol–water partition coefficient (Wildman–Crippen LogP) is 8.84. The minimum atomic E-state index is -3.17. The van der Waals surface area contributed by atoms with Crippen LogP contribution in [-0.4, -0.2) is 191 Å². The quantitative estimate of drug-likeness (QED) is 0.0289. The number of amides is 1. The van der Waals surface area contributed by atoms with E-state index in [4.69, 9.17) is 70.7 Å². The van der Waals surface area contributed by atoms with Gasteiger partial charge in [-0.3, -0.25) is 24.0 Å². The Hall–Kier alpha value is -8.09. The van der Waals surface area contributed by atoms with E-state index < -0.39 is 184 Å². The SMILES string of the molecule is CCS[C@@H]1OC(CO[Si](C(C)C)(C(C)C)C(C)C)[C@H](O[C@@H]2OC(COC(=O)c3ccccc3)[C@H](OC(=O)c3ccccc3)[C@H](O[C@]3(C(=O)OC)C[C@H](OC(C)=O)[C@@H](NC(C)=O)C([C@H](OC(C)=O)[C@@H](COC(C)=O)OC(C)=O)O3)C2OC(=O)c2ccccc2)[C@H](OC(=O)c2ccccc2)C1C. The molecule has 16 atom stereocenters. The van der Waals surface area contributed by atoms with Gasteiger partial charge in [-0.05, 0) is 70.9 Å². The number of nitrogens with one attached hydrogen (secondary N) is 1. The van der Waals surface area contributed by atoms with Gasteiger partial charge in [0.25, 0.3) is 5.79 Å². The van der Waals surface area contributed by atoms with E-state index in [-0.39, 0.29) is 45.5 Å². The highest BCUT2D eigenvalue weighted by molar-refractivity contribution is 7.99. The van der Waals surface area contributed by atoms with Gasteiger partial charge < -0.3 is 76.1 Å². The molecule has 5 unspecified atom stereocenters. The summed E-state index contributed by atoms with van der Waals surface area (Å²) in [7, 11) is -1.92. The molecule has 3 fully saturated rings. The molecule has 3 saturated heterocycles. The van der Waals surface area contributed by atoms with E-state index in [1.165, 1.54) is 60.3 Å². The van der Waals surface area contributed by atoms with Crippen LogP contribution in [0.2, 0.25) is 16.6 Å². The monoisotopic (exact) mass is 1430 g/mol. The molecule has 0 aromatic heterocycles. The molecular formula is C72H91NO25SSi. The van der Waals surface area contributed by atoms with E-state index in [1.807, 2.05) is 6.92 Å². The molecule has 0 saturated carbocycles. The first-order valence-electron chi connectivity index (χ1n) is 33.1. The van der Waals surface area contributed by atoms with Gasteiger partial charge in [0.2, 0.25) is 5.91 Å². The fourth-order valence-electron chi connectivity index (χ4n) is 13.1. The molecule has 1 N–H and O–H groups in total. The van der Waals surface area contributed by atoms with Crippen molar-refractivity contribution < 1.29 is 119 Å². The molecule has 26 nitrogen and oxygen atoms in total. The fraction of sp³-hybridized carbons (Fsp3) is 0.528. The van der Waals surface area contributed by atoms with Gasteiger partial charge in [-0.15, -0.1) is 11.8 Å². The summed E-state index contributed by atoms with van der Waals surface area (Å²) in [5.41, 5.74) is -0.471. The lowest BCUT2D eigenvalue weighted by atomic mass is 9.87. The summed E-state index contributed by atoms with van der Waals surface area (Å²) in [5.74, 6) is -13.6.